The predicted octanol–water partition coefficient (Wildman–Crippen LogP) is 6.33. The Balaban J connectivity index is 1.73. The molecule has 0 amide bonds. The third-order valence-corrected chi connectivity index (χ3v) is 11.4. The maximum absolute atomic E-state index is 6.99. The van der Waals surface area contributed by atoms with E-state index in [4.69, 9.17) is 13.9 Å². The summed E-state index contributed by atoms with van der Waals surface area (Å²) in [5.41, 5.74) is 1.22. The summed E-state index contributed by atoms with van der Waals surface area (Å²) in [5, 5.41) is 0.201. The fraction of sp³-hybridized carbons (Fsp3) is 0.750. The fourth-order valence-electron chi connectivity index (χ4n) is 4.02. The molecule has 0 radical (unpaired) electrons. The summed E-state index contributed by atoms with van der Waals surface area (Å²) in [6.07, 6.45) is 8.30. The molecule has 1 saturated heterocycles. The van der Waals surface area contributed by atoms with E-state index in [1.165, 1.54) is 37.7 Å². The third-order valence-electron chi connectivity index (χ3n) is 6.92. The number of rotatable bonds is 9. The minimum Gasteiger partial charge on any atom is -0.411 e. The van der Waals surface area contributed by atoms with Crippen LogP contribution < -0.4 is 0 Å². The number of benzene rings is 1. The lowest BCUT2D eigenvalue weighted by atomic mass is 9.84. The molecule has 0 aromatic heterocycles. The Morgan fingerprint density at radius 1 is 1.07 bits per heavy atom. The van der Waals surface area contributed by atoms with Crippen LogP contribution in [0.2, 0.25) is 18.1 Å². The minimum absolute atomic E-state index is 0.0382. The van der Waals surface area contributed by atoms with E-state index in [1.807, 2.05) is 0 Å². The Labute approximate surface area is 173 Å². The van der Waals surface area contributed by atoms with Crippen molar-refractivity contribution in [3.8, 4) is 0 Å². The average molecular weight is 405 g/mol. The Morgan fingerprint density at radius 2 is 1.71 bits per heavy atom. The zero-order chi connectivity index (χ0) is 20.2. The van der Waals surface area contributed by atoms with E-state index in [1.54, 1.807) is 0 Å². The molecule has 0 spiro atoms. The highest BCUT2D eigenvalue weighted by Crippen LogP contribution is 2.41. The van der Waals surface area contributed by atoms with Gasteiger partial charge in [0.05, 0.1) is 19.3 Å². The van der Waals surface area contributed by atoms with Crippen LogP contribution in [0.1, 0.15) is 64.9 Å². The summed E-state index contributed by atoms with van der Waals surface area (Å²) in [5.74, 6) is 0.769. The summed E-state index contributed by atoms with van der Waals surface area (Å²) in [6, 6.07) is 10.5. The van der Waals surface area contributed by atoms with Gasteiger partial charge in [0.1, 0.15) is 12.2 Å². The molecule has 3 atom stereocenters. The van der Waals surface area contributed by atoms with Crippen LogP contribution in [0, 0.1) is 5.92 Å². The van der Waals surface area contributed by atoms with E-state index < -0.39 is 8.32 Å². The second-order valence-electron chi connectivity index (χ2n) is 10.3. The number of hydrogen-bond acceptors (Lipinski definition) is 3. The van der Waals surface area contributed by atoms with E-state index in [0.29, 0.717) is 6.61 Å². The molecule has 4 heteroatoms. The van der Waals surface area contributed by atoms with Crippen LogP contribution in [0.4, 0.5) is 0 Å². The molecular formula is C24H40O3Si. The molecule has 0 bridgehead atoms. The van der Waals surface area contributed by atoms with Crippen molar-refractivity contribution in [1.82, 2.24) is 0 Å². The number of hydrogen-bond donors (Lipinski definition) is 0. The lowest BCUT2D eigenvalue weighted by Crippen LogP contribution is -2.49. The van der Waals surface area contributed by atoms with Crippen molar-refractivity contribution in [2.24, 2.45) is 5.92 Å². The molecule has 158 valence electrons. The highest BCUT2D eigenvalue weighted by Gasteiger charge is 2.46. The van der Waals surface area contributed by atoms with Gasteiger partial charge in [0.2, 0.25) is 0 Å². The lowest BCUT2D eigenvalue weighted by molar-refractivity contribution is -0.0621. The second kappa shape index (κ2) is 9.42. The molecule has 1 saturated carbocycles. The summed E-state index contributed by atoms with van der Waals surface area (Å²) < 4.78 is 19.2. The maximum atomic E-state index is 6.99. The molecule has 1 aliphatic carbocycles. The highest BCUT2D eigenvalue weighted by atomic mass is 28.4. The number of ether oxygens (including phenoxy) is 2. The van der Waals surface area contributed by atoms with Crippen LogP contribution in [0.25, 0.3) is 0 Å². The van der Waals surface area contributed by atoms with Gasteiger partial charge in [-0.05, 0) is 36.0 Å². The van der Waals surface area contributed by atoms with Crippen LogP contribution in [0.3, 0.4) is 0 Å². The van der Waals surface area contributed by atoms with Gasteiger partial charge in [0, 0.05) is 0 Å². The molecule has 3 nitrogen and oxygen atoms in total. The van der Waals surface area contributed by atoms with Gasteiger partial charge in [-0.3, -0.25) is 0 Å². The molecule has 2 fully saturated rings. The Bertz CT molecular complexity index is 586. The summed E-state index contributed by atoms with van der Waals surface area (Å²) in [7, 11) is -1.88. The largest absolute Gasteiger partial charge is 0.411 e. The second-order valence-corrected chi connectivity index (χ2v) is 15.0. The zero-order valence-electron chi connectivity index (χ0n) is 18.6. The van der Waals surface area contributed by atoms with E-state index in [2.05, 4.69) is 64.2 Å². The molecule has 3 rings (SSSR count). The van der Waals surface area contributed by atoms with Crippen molar-refractivity contribution < 1.29 is 13.9 Å². The first kappa shape index (κ1) is 22.0. The number of epoxide rings is 1. The standard InChI is InChI=1S/C24H40O3Si/c1-24(2,3)28(4,5)27-21(16-19-12-8-6-9-13-19)23(22-18-25-22)26-17-20-14-10-7-11-15-20/h7,10-11,14-15,19,21-23H,6,8-9,12-13,16-18H2,1-5H3/t21-,22+,23+/m1/s1. The summed E-state index contributed by atoms with van der Waals surface area (Å²) >= 11 is 0. The summed E-state index contributed by atoms with van der Waals surface area (Å²) in [4.78, 5) is 0. The van der Waals surface area contributed by atoms with Crippen molar-refractivity contribution in [3.05, 3.63) is 35.9 Å². The van der Waals surface area contributed by atoms with Crippen molar-refractivity contribution in [3.63, 3.8) is 0 Å². The molecule has 0 unspecified atom stereocenters. The van der Waals surface area contributed by atoms with Gasteiger partial charge >= 0.3 is 0 Å². The molecule has 1 aromatic rings. The average Bonchev–Trinajstić information content (AvgIpc) is 3.47. The van der Waals surface area contributed by atoms with Crippen molar-refractivity contribution in [2.45, 2.75) is 102 Å². The smallest absolute Gasteiger partial charge is 0.192 e. The summed E-state index contributed by atoms with van der Waals surface area (Å²) in [6.45, 7) is 13.1. The van der Waals surface area contributed by atoms with Crippen LogP contribution in [0.15, 0.2) is 30.3 Å². The molecule has 1 aromatic carbocycles. The third kappa shape index (κ3) is 6.16. The van der Waals surface area contributed by atoms with Gasteiger partial charge in [-0.1, -0.05) is 83.2 Å². The minimum atomic E-state index is -1.88. The van der Waals surface area contributed by atoms with Crippen molar-refractivity contribution >= 4 is 8.32 Å². The first-order valence-corrected chi connectivity index (χ1v) is 14.1. The van der Waals surface area contributed by atoms with Crippen LogP contribution in [-0.2, 0) is 20.5 Å². The van der Waals surface area contributed by atoms with Gasteiger partial charge in [-0.15, -0.1) is 0 Å². The van der Waals surface area contributed by atoms with Gasteiger partial charge in [0.15, 0.2) is 8.32 Å². The Morgan fingerprint density at radius 3 is 2.29 bits per heavy atom. The monoisotopic (exact) mass is 404 g/mol. The van der Waals surface area contributed by atoms with Crippen LogP contribution in [0.5, 0.6) is 0 Å². The lowest BCUT2D eigenvalue weighted by Gasteiger charge is -2.42. The van der Waals surface area contributed by atoms with Crippen LogP contribution >= 0.6 is 0 Å². The van der Waals surface area contributed by atoms with Crippen LogP contribution in [-0.4, -0.2) is 33.2 Å². The molecule has 1 aliphatic heterocycles. The Kier molecular flexibility index (Phi) is 7.41. The highest BCUT2D eigenvalue weighted by molar-refractivity contribution is 6.74. The van der Waals surface area contributed by atoms with Gasteiger partial charge in [0.25, 0.3) is 0 Å². The van der Waals surface area contributed by atoms with Crippen molar-refractivity contribution in [2.75, 3.05) is 6.61 Å². The van der Waals surface area contributed by atoms with Gasteiger partial charge in [-0.25, -0.2) is 0 Å². The zero-order valence-corrected chi connectivity index (χ0v) is 19.6. The fourth-order valence-corrected chi connectivity index (χ4v) is 5.36. The topological polar surface area (TPSA) is 31.0 Å². The molecular weight excluding hydrogens is 364 g/mol. The normalized spacial score (nSPS) is 23.4. The molecule has 2 aliphatic rings. The first-order valence-electron chi connectivity index (χ1n) is 11.2. The molecule has 0 N–H and O–H groups in total. The Hall–Kier alpha value is -0.683. The van der Waals surface area contributed by atoms with Gasteiger partial charge in [-0.2, -0.15) is 0 Å². The van der Waals surface area contributed by atoms with Crippen molar-refractivity contribution in [1.29, 1.82) is 0 Å². The molecule has 1 heterocycles. The van der Waals surface area contributed by atoms with E-state index in [-0.39, 0.29) is 23.4 Å². The maximum Gasteiger partial charge on any atom is 0.192 e. The predicted molar refractivity (Wildman–Crippen MR) is 118 cm³/mol. The molecule has 28 heavy (non-hydrogen) atoms. The van der Waals surface area contributed by atoms with E-state index in [9.17, 15) is 0 Å². The SMILES string of the molecule is CC(C)(C)[Si](C)(C)O[C@H](CC1CCCCC1)[C@H](OCc1ccccc1)[C@@H]1CO1. The van der Waals surface area contributed by atoms with Gasteiger partial charge < -0.3 is 13.9 Å². The van der Waals surface area contributed by atoms with E-state index in [0.717, 1.165) is 18.9 Å². The quantitative estimate of drug-likeness (QED) is 0.356. The first-order chi connectivity index (χ1) is 13.3. The van der Waals surface area contributed by atoms with E-state index >= 15 is 0 Å².